The number of allylic oxidation sites excluding steroid dienone is 1. The molecule has 0 fully saturated rings. The zero-order valence-electron chi connectivity index (χ0n) is 15.4. The molecule has 1 aliphatic rings. The van der Waals surface area contributed by atoms with Gasteiger partial charge in [-0.1, -0.05) is 48.0 Å². The summed E-state index contributed by atoms with van der Waals surface area (Å²) in [5, 5.41) is 4.76. The summed E-state index contributed by atoms with van der Waals surface area (Å²) >= 11 is 0. The number of amides is 1. The summed E-state index contributed by atoms with van der Waals surface area (Å²) in [5.74, 6) is -0.228. The van der Waals surface area contributed by atoms with Crippen LogP contribution < -0.4 is 10.1 Å². The van der Waals surface area contributed by atoms with Crippen molar-refractivity contribution in [2.24, 2.45) is 0 Å². The van der Waals surface area contributed by atoms with Crippen molar-refractivity contribution in [2.75, 3.05) is 19.8 Å². The molecule has 0 spiro atoms. The van der Waals surface area contributed by atoms with Crippen LogP contribution >= 0.6 is 0 Å². The number of ether oxygens (including phenoxy) is 2. The number of benzene rings is 2. The maximum absolute atomic E-state index is 11.8. The Bertz CT molecular complexity index is 823. The minimum absolute atomic E-state index is 0.228. The lowest BCUT2D eigenvalue weighted by molar-refractivity contribution is -0.150. The molecule has 27 heavy (non-hydrogen) atoms. The lowest BCUT2D eigenvalue weighted by Crippen LogP contribution is -2.30. The van der Waals surface area contributed by atoms with E-state index in [1.165, 1.54) is 18.4 Å². The van der Waals surface area contributed by atoms with E-state index >= 15 is 0 Å². The van der Waals surface area contributed by atoms with Crippen molar-refractivity contribution in [3.05, 3.63) is 54.1 Å². The summed E-state index contributed by atoms with van der Waals surface area (Å²) in [4.78, 5) is 23.6. The van der Waals surface area contributed by atoms with Crippen LogP contribution in [0.4, 0.5) is 0 Å². The van der Waals surface area contributed by atoms with Gasteiger partial charge in [-0.25, -0.2) is 4.79 Å². The van der Waals surface area contributed by atoms with Gasteiger partial charge in [0.15, 0.2) is 13.2 Å². The molecule has 1 N–H and O–H groups in total. The maximum Gasteiger partial charge on any atom is 0.344 e. The highest BCUT2D eigenvalue weighted by Crippen LogP contribution is 2.25. The number of esters is 1. The Hall–Kier alpha value is -2.82. The minimum Gasteiger partial charge on any atom is -0.481 e. The second-order valence-corrected chi connectivity index (χ2v) is 6.63. The second kappa shape index (κ2) is 9.76. The fraction of sp³-hybridized carbons (Fsp3) is 0.364. The fourth-order valence-corrected chi connectivity index (χ4v) is 3.19. The van der Waals surface area contributed by atoms with Crippen LogP contribution in [0.2, 0.25) is 0 Å². The van der Waals surface area contributed by atoms with Gasteiger partial charge in [0.25, 0.3) is 5.91 Å². The lowest BCUT2D eigenvalue weighted by atomic mass is 9.97. The SMILES string of the molecule is O=C(COC(=O)COc1cccc2ccccc12)NCCC1=CCCCC1. The molecule has 0 saturated heterocycles. The van der Waals surface area contributed by atoms with Crippen molar-refractivity contribution in [1.82, 2.24) is 5.32 Å². The van der Waals surface area contributed by atoms with Gasteiger partial charge in [-0.3, -0.25) is 4.79 Å². The number of carbonyl (C=O) groups excluding carboxylic acids is 2. The molecule has 0 aromatic heterocycles. The Kier molecular flexibility index (Phi) is 6.85. The van der Waals surface area contributed by atoms with Gasteiger partial charge < -0.3 is 14.8 Å². The van der Waals surface area contributed by atoms with E-state index in [1.807, 2.05) is 42.5 Å². The highest BCUT2D eigenvalue weighted by molar-refractivity contribution is 5.88. The fourth-order valence-electron chi connectivity index (χ4n) is 3.19. The molecule has 2 aromatic rings. The minimum atomic E-state index is -0.562. The number of fused-ring (bicyclic) bond motifs is 1. The van der Waals surface area contributed by atoms with Crippen LogP contribution in [0.5, 0.6) is 5.75 Å². The molecule has 0 saturated carbocycles. The van der Waals surface area contributed by atoms with Crippen molar-refractivity contribution in [1.29, 1.82) is 0 Å². The third kappa shape index (κ3) is 5.84. The molecule has 5 nitrogen and oxygen atoms in total. The van der Waals surface area contributed by atoms with Gasteiger partial charge in [-0.05, 0) is 43.6 Å². The van der Waals surface area contributed by atoms with Gasteiger partial charge in [0, 0.05) is 11.9 Å². The first kappa shape index (κ1) is 19.0. The quantitative estimate of drug-likeness (QED) is 0.570. The highest BCUT2D eigenvalue weighted by atomic mass is 16.6. The lowest BCUT2D eigenvalue weighted by Gasteiger charge is -2.13. The molecular weight excluding hydrogens is 342 g/mol. The smallest absolute Gasteiger partial charge is 0.344 e. The molecule has 0 atom stereocenters. The third-order valence-electron chi connectivity index (χ3n) is 4.61. The van der Waals surface area contributed by atoms with Gasteiger partial charge in [0.05, 0.1) is 0 Å². The number of hydrogen-bond donors (Lipinski definition) is 1. The Morgan fingerprint density at radius 2 is 1.85 bits per heavy atom. The molecule has 0 bridgehead atoms. The van der Waals surface area contributed by atoms with Crippen molar-refractivity contribution in [3.63, 3.8) is 0 Å². The van der Waals surface area contributed by atoms with Gasteiger partial charge in [0.2, 0.25) is 0 Å². The molecule has 0 radical (unpaired) electrons. The van der Waals surface area contributed by atoms with Crippen molar-refractivity contribution in [3.8, 4) is 5.75 Å². The molecule has 1 amide bonds. The zero-order valence-corrected chi connectivity index (χ0v) is 15.4. The number of rotatable bonds is 8. The summed E-state index contributed by atoms with van der Waals surface area (Å²) in [6, 6.07) is 13.4. The highest BCUT2D eigenvalue weighted by Gasteiger charge is 2.10. The van der Waals surface area contributed by atoms with Crippen LogP contribution in [0.25, 0.3) is 10.8 Å². The molecule has 0 aliphatic heterocycles. The predicted octanol–water partition coefficient (Wildman–Crippen LogP) is 3.77. The predicted molar refractivity (Wildman–Crippen MR) is 105 cm³/mol. The number of nitrogens with one attached hydrogen (secondary N) is 1. The van der Waals surface area contributed by atoms with Crippen LogP contribution in [-0.2, 0) is 14.3 Å². The van der Waals surface area contributed by atoms with Gasteiger partial charge >= 0.3 is 5.97 Å². The summed E-state index contributed by atoms with van der Waals surface area (Å²) in [5.41, 5.74) is 1.40. The van der Waals surface area contributed by atoms with E-state index < -0.39 is 5.97 Å². The van der Waals surface area contributed by atoms with E-state index in [0.717, 1.165) is 30.0 Å². The zero-order chi connectivity index (χ0) is 18.9. The normalized spacial score (nSPS) is 13.7. The molecular formula is C22H25NO4. The Morgan fingerprint density at radius 3 is 2.70 bits per heavy atom. The van der Waals surface area contributed by atoms with Crippen molar-refractivity contribution in [2.45, 2.75) is 32.1 Å². The number of carbonyl (C=O) groups is 2. The summed E-state index contributed by atoms with van der Waals surface area (Å²) < 4.78 is 10.5. The van der Waals surface area contributed by atoms with E-state index in [-0.39, 0.29) is 19.1 Å². The van der Waals surface area contributed by atoms with Gasteiger partial charge in [-0.2, -0.15) is 0 Å². The standard InChI is InChI=1S/C22H25NO4/c24-21(23-14-13-17-7-2-1-3-8-17)15-27-22(25)16-26-20-12-6-10-18-9-4-5-11-19(18)20/h4-7,9-12H,1-3,8,13-16H2,(H,23,24). The second-order valence-electron chi connectivity index (χ2n) is 6.63. The average molecular weight is 367 g/mol. The Balaban J connectivity index is 1.36. The molecule has 0 heterocycles. The van der Waals surface area contributed by atoms with Crippen molar-refractivity contribution < 1.29 is 19.1 Å². The van der Waals surface area contributed by atoms with E-state index in [1.54, 1.807) is 0 Å². The van der Waals surface area contributed by atoms with Gasteiger partial charge in [0.1, 0.15) is 5.75 Å². The topological polar surface area (TPSA) is 64.6 Å². The third-order valence-corrected chi connectivity index (χ3v) is 4.61. The van der Waals surface area contributed by atoms with Crippen LogP contribution in [-0.4, -0.2) is 31.6 Å². The molecule has 1 aliphatic carbocycles. The van der Waals surface area contributed by atoms with E-state index in [0.29, 0.717) is 12.3 Å². The van der Waals surface area contributed by atoms with E-state index in [2.05, 4.69) is 11.4 Å². The molecule has 142 valence electrons. The first-order valence-electron chi connectivity index (χ1n) is 9.43. The van der Waals surface area contributed by atoms with Crippen LogP contribution in [0.1, 0.15) is 32.1 Å². The molecule has 0 unspecified atom stereocenters. The first-order valence-corrected chi connectivity index (χ1v) is 9.43. The Morgan fingerprint density at radius 1 is 1.00 bits per heavy atom. The van der Waals surface area contributed by atoms with Crippen LogP contribution in [0, 0.1) is 0 Å². The average Bonchev–Trinajstić information content (AvgIpc) is 2.71. The van der Waals surface area contributed by atoms with Crippen molar-refractivity contribution >= 4 is 22.6 Å². The molecule has 2 aromatic carbocycles. The number of hydrogen-bond acceptors (Lipinski definition) is 4. The summed E-state index contributed by atoms with van der Waals surface area (Å²) in [6.45, 7) is 0.0691. The van der Waals surface area contributed by atoms with E-state index in [9.17, 15) is 9.59 Å². The maximum atomic E-state index is 11.8. The van der Waals surface area contributed by atoms with Gasteiger partial charge in [-0.15, -0.1) is 0 Å². The molecule has 3 rings (SSSR count). The molecule has 5 heteroatoms. The summed E-state index contributed by atoms with van der Waals surface area (Å²) in [7, 11) is 0. The Labute approximate surface area is 159 Å². The van der Waals surface area contributed by atoms with Crippen LogP contribution in [0.3, 0.4) is 0 Å². The van der Waals surface area contributed by atoms with E-state index in [4.69, 9.17) is 9.47 Å². The monoisotopic (exact) mass is 367 g/mol. The van der Waals surface area contributed by atoms with Crippen LogP contribution in [0.15, 0.2) is 54.1 Å². The summed E-state index contributed by atoms with van der Waals surface area (Å²) in [6.07, 6.45) is 7.87. The first-order chi connectivity index (χ1) is 13.2. The largest absolute Gasteiger partial charge is 0.481 e.